The molecule has 0 saturated carbocycles. The highest BCUT2D eigenvalue weighted by Crippen LogP contribution is 2.30. The van der Waals surface area contributed by atoms with Crippen LogP contribution < -0.4 is 5.32 Å². The second kappa shape index (κ2) is 8.53. The van der Waals surface area contributed by atoms with Gasteiger partial charge in [0.2, 0.25) is 5.91 Å². The number of carbonyl (C=O) groups is 3. The largest absolute Gasteiger partial charge is 0.462 e. The van der Waals surface area contributed by atoms with Crippen LogP contribution in [0.25, 0.3) is 0 Å². The molecule has 122 valence electrons. The predicted octanol–water partition coefficient (Wildman–Crippen LogP) is 3.09. The molecule has 0 unspecified atom stereocenters. The molecule has 0 atom stereocenters. The number of nitrogens with one attached hydrogen (secondary N) is 1. The third kappa shape index (κ3) is 4.84. The minimum atomic E-state index is -0.647. The van der Waals surface area contributed by atoms with E-state index >= 15 is 0 Å². The fourth-order valence-electron chi connectivity index (χ4n) is 1.76. The molecule has 1 aromatic rings. The van der Waals surface area contributed by atoms with Crippen LogP contribution >= 0.6 is 11.3 Å². The second-order valence-electron chi connectivity index (χ2n) is 4.94. The summed E-state index contributed by atoms with van der Waals surface area (Å²) in [6.45, 7) is 7.57. The first kappa shape index (κ1) is 18.2. The number of ether oxygens (including phenoxy) is 2. The van der Waals surface area contributed by atoms with E-state index in [0.29, 0.717) is 11.4 Å². The predicted molar refractivity (Wildman–Crippen MR) is 84.3 cm³/mol. The first-order valence-electron chi connectivity index (χ1n) is 7.16. The lowest BCUT2D eigenvalue weighted by Gasteiger charge is -2.09. The molecule has 22 heavy (non-hydrogen) atoms. The molecule has 0 bridgehead atoms. The van der Waals surface area contributed by atoms with Crippen LogP contribution in [0.15, 0.2) is 5.38 Å². The molecule has 1 N–H and O–H groups in total. The molecule has 7 heteroatoms. The summed E-state index contributed by atoms with van der Waals surface area (Å²) in [6.07, 6.45) is 0.328. The van der Waals surface area contributed by atoms with Crippen molar-refractivity contribution in [1.29, 1.82) is 0 Å². The highest BCUT2D eigenvalue weighted by atomic mass is 32.1. The van der Waals surface area contributed by atoms with Gasteiger partial charge in [0.15, 0.2) is 0 Å². The van der Waals surface area contributed by atoms with Crippen LogP contribution in [-0.2, 0) is 14.3 Å². The second-order valence-corrected chi connectivity index (χ2v) is 5.82. The number of hydrogen-bond acceptors (Lipinski definition) is 6. The number of rotatable bonds is 7. The Labute approximate surface area is 133 Å². The summed E-state index contributed by atoms with van der Waals surface area (Å²) in [5, 5.41) is 4.48. The first-order chi connectivity index (χ1) is 10.4. The Hall–Kier alpha value is -1.89. The molecule has 0 radical (unpaired) electrons. The van der Waals surface area contributed by atoms with Gasteiger partial charge >= 0.3 is 11.9 Å². The maximum atomic E-state index is 12.1. The van der Waals surface area contributed by atoms with Gasteiger partial charge in [-0.25, -0.2) is 9.59 Å². The Bertz CT molecular complexity index is 550. The normalized spacial score (nSPS) is 10.4. The third-order valence-electron chi connectivity index (χ3n) is 2.61. The van der Waals surface area contributed by atoms with Gasteiger partial charge in [0, 0.05) is 11.8 Å². The number of amides is 1. The van der Waals surface area contributed by atoms with Crippen molar-refractivity contribution in [3.05, 3.63) is 16.5 Å². The van der Waals surface area contributed by atoms with Crippen LogP contribution in [0.3, 0.4) is 0 Å². The van der Waals surface area contributed by atoms with E-state index in [0.717, 1.165) is 11.3 Å². The van der Waals surface area contributed by atoms with E-state index in [1.54, 1.807) is 13.8 Å². The van der Waals surface area contributed by atoms with Crippen LogP contribution in [0.1, 0.15) is 54.8 Å². The zero-order valence-corrected chi connectivity index (χ0v) is 14.0. The summed E-state index contributed by atoms with van der Waals surface area (Å²) in [6, 6.07) is 0. The van der Waals surface area contributed by atoms with Crippen molar-refractivity contribution >= 4 is 34.2 Å². The summed E-state index contributed by atoms with van der Waals surface area (Å²) >= 11 is 1.11. The van der Waals surface area contributed by atoms with Gasteiger partial charge in [-0.3, -0.25) is 4.79 Å². The third-order valence-corrected chi connectivity index (χ3v) is 3.51. The van der Waals surface area contributed by atoms with Crippen molar-refractivity contribution in [2.75, 3.05) is 18.5 Å². The molecular formula is C15H21NO5S. The Morgan fingerprint density at radius 3 is 2.27 bits per heavy atom. The monoisotopic (exact) mass is 327 g/mol. The zero-order valence-electron chi connectivity index (χ0n) is 13.2. The minimum Gasteiger partial charge on any atom is -0.462 e. The van der Waals surface area contributed by atoms with Crippen molar-refractivity contribution in [1.82, 2.24) is 0 Å². The van der Waals surface area contributed by atoms with E-state index in [1.165, 1.54) is 5.38 Å². The molecule has 1 amide bonds. The van der Waals surface area contributed by atoms with Crippen molar-refractivity contribution in [3.63, 3.8) is 0 Å². The molecule has 0 aliphatic carbocycles. The maximum absolute atomic E-state index is 12.1. The average Bonchev–Trinajstić information content (AvgIpc) is 2.81. The Balaban J connectivity index is 3.08. The van der Waals surface area contributed by atoms with E-state index in [4.69, 9.17) is 9.47 Å². The minimum absolute atomic E-state index is 0.0578. The van der Waals surface area contributed by atoms with Gasteiger partial charge in [0.1, 0.15) is 10.6 Å². The lowest BCUT2D eigenvalue weighted by Crippen LogP contribution is -2.18. The van der Waals surface area contributed by atoms with Gasteiger partial charge in [0.05, 0.1) is 18.8 Å². The molecule has 0 fully saturated rings. The Kier molecular flexibility index (Phi) is 7.04. The van der Waals surface area contributed by atoms with Gasteiger partial charge < -0.3 is 14.8 Å². The SMILES string of the molecule is CCOC(=O)c1csc(NC(=O)CC(C)C)c1C(=O)OCC. The number of anilines is 1. The first-order valence-corrected chi connectivity index (χ1v) is 8.04. The van der Waals surface area contributed by atoms with E-state index in [9.17, 15) is 14.4 Å². The van der Waals surface area contributed by atoms with E-state index < -0.39 is 11.9 Å². The van der Waals surface area contributed by atoms with Crippen LogP contribution in [-0.4, -0.2) is 31.1 Å². The molecule has 0 aliphatic rings. The van der Waals surface area contributed by atoms with Crippen molar-refractivity contribution in [2.24, 2.45) is 5.92 Å². The smallest absolute Gasteiger partial charge is 0.342 e. The standard InChI is InChI=1S/C15H21NO5S/c1-5-20-14(18)10-8-22-13(12(10)15(19)21-6-2)16-11(17)7-9(3)4/h8-9H,5-7H2,1-4H3,(H,16,17). The van der Waals surface area contributed by atoms with Crippen molar-refractivity contribution < 1.29 is 23.9 Å². The van der Waals surface area contributed by atoms with E-state index in [1.807, 2.05) is 13.8 Å². The van der Waals surface area contributed by atoms with Crippen molar-refractivity contribution in [2.45, 2.75) is 34.1 Å². The molecule has 0 spiro atoms. The Morgan fingerprint density at radius 2 is 1.73 bits per heavy atom. The molecule has 0 aliphatic heterocycles. The fraction of sp³-hybridized carbons (Fsp3) is 0.533. The van der Waals surface area contributed by atoms with E-state index in [-0.39, 0.29) is 36.2 Å². The van der Waals surface area contributed by atoms with Crippen LogP contribution in [0.2, 0.25) is 0 Å². The maximum Gasteiger partial charge on any atom is 0.342 e. The van der Waals surface area contributed by atoms with Gasteiger partial charge in [-0.05, 0) is 19.8 Å². The highest BCUT2D eigenvalue weighted by molar-refractivity contribution is 7.15. The average molecular weight is 327 g/mol. The number of esters is 2. The highest BCUT2D eigenvalue weighted by Gasteiger charge is 2.26. The zero-order chi connectivity index (χ0) is 16.7. The van der Waals surface area contributed by atoms with Gasteiger partial charge in [0.25, 0.3) is 0 Å². The van der Waals surface area contributed by atoms with Crippen LogP contribution in [0.4, 0.5) is 5.00 Å². The molecule has 0 saturated heterocycles. The number of thiophene rings is 1. The van der Waals surface area contributed by atoms with Gasteiger partial charge in [-0.1, -0.05) is 13.8 Å². The summed E-state index contributed by atoms with van der Waals surface area (Å²) in [5.74, 6) is -1.27. The molecule has 1 heterocycles. The topological polar surface area (TPSA) is 81.7 Å². The van der Waals surface area contributed by atoms with E-state index in [2.05, 4.69) is 5.32 Å². The van der Waals surface area contributed by atoms with Crippen LogP contribution in [0, 0.1) is 5.92 Å². The molecule has 0 aromatic carbocycles. The molecule has 6 nitrogen and oxygen atoms in total. The lowest BCUT2D eigenvalue weighted by atomic mass is 10.1. The summed E-state index contributed by atoms with van der Waals surface area (Å²) in [7, 11) is 0. The number of hydrogen-bond donors (Lipinski definition) is 1. The quantitative estimate of drug-likeness (QED) is 0.778. The van der Waals surface area contributed by atoms with Crippen molar-refractivity contribution in [3.8, 4) is 0 Å². The summed E-state index contributed by atoms with van der Waals surface area (Å²) in [4.78, 5) is 35.9. The summed E-state index contributed by atoms with van der Waals surface area (Å²) < 4.78 is 9.89. The molecule has 1 aromatic heterocycles. The number of carbonyl (C=O) groups excluding carboxylic acids is 3. The van der Waals surface area contributed by atoms with Gasteiger partial charge in [-0.2, -0.15) is 0 Å². The van der Waals surface area contributed by atoms with Crippen LogP contribution in [0.5, 0.6) is 0 Å². The Morgan fingerprint density at radius 1 is 1.14 bits per heavy atom. The molecular weight excluding hydrogens is 306 g/mol. The molecule has 1 rings (SSSR count). The lowest BCUT2D eigenvalue weighted by molar-refractivity contribution is -0.116. The van der Waals surface area contributed by atoms with Gasteiger partial charge in [-0.15, -0.1) is 11.3 Å². The fourth-order valence-corrected chi connectivity index (χ4v) is 2.70. The summed E-state index contributed by atoms with van der Waals surface area (Å²) in [5.41, 5.74) is 0.174.